The third-order valence-electron chi connectivity index (χ3n) is 5.02. The normalized spacial score (nSPS) is 12.8. The van der Waals surface area contributed by atoms with Crippen molar-refractivity contribution in [2.75, 3.05) is 16.8 Å². The maximum Gasteiger partial charge on any atom is 0.141 e. The lowest BCUT2D eigenvalue weighted by molar-refractivity contribution is 0.621. The summed E-state index contributed by atoms with van der Waals surface area (Å²) in [5, 5.41) is 11.0. The first-order valence-electron chi connectivity index (χ1n) is 11.6. The molecule has 1 heterocycles. The molecule has 0 aliphatic carbocycles. The molecule has 0 spiro atoms. The maximum atomic E-state index is 13.1. The first kappa shape index (κ1) is 28.7. The van der Waals surface area contributed by atoms with Crippen molar-refractivity contribution in [3.8, 4) is 0 Å². The van der Waals surface area contributed by atoms with Crippen LogP contribution in [0, 0.1) is 11.2 Å². The molecule has 1 unspecified atom stereocenters. The van der Waals surface area contributed by atoms with Gasteiger partial charge in [0, 0.05) is 11.5 Å². The molecule has 33 heavy (non-hydrogen) atoms. The van der Waals surface area contributed by atoms with E-state index in [-0.39, 0.29) is 17.7 Å². The van der Waals surface area contributed by atoms with Gasteiger partial charge in [-0.1, -0.05) is 46.6 Å². The van der Waals surface area contributed by atoms with Crippen LogP contribution < -0.4 is 11.1 Å². The zero-order valence-corrected chi connectivity index (χ0v) is 21.7. The molecule has 0 aromatic carbocycles. The second-order valence-electron chi connectivity index (χ2n) is 8.81. The highest BCUT2D eigenvalue weighted by molar-refractivity contribution is 7.99. The van der Waals surface area contributed by atoms with Gasteiger partial charge in [0.25, 0.3) is 0 Å². The first-order valence-corrected chi connectivity index (χ1v) is 12.7. The Hall–Kier alpha value is -2.34. The van der Waals surface area contributed by atoms with E-state index in [2.05, 4.69) is 69.2 Å². The average Bonchev–Trinajstić information content (AvgIpc) is 2.74. The minimum Gasteiger partial charge on any atom is -0.386 e. The van der Waals surface area contributed by atoms with Gasteiger partial charge in [0.1, 0.15) is 17.5 Å². The lowest BCUT2D eigenvalue weighted by atomic mass is 10.0. The predicted molar refractivity (Wildman–Crippen MR) is 145 cm³/mol. The molecule has 0 saturated carbocycles. The summed E-state index contributed by atoms with van der Waals surface area (Å²) in [5.74, 6) is 1.68. The highest BCUT2D eigenvalue weighted by Crippen LogP contribution is 2.18. The Morgan fingerprint density at radius 2 is 1.76 bits per heavy atom. The summed E-state index contributed by atoms with van der Waals surface area (Å²) in [4.78, 5) is 4.00. The molecule has 0 fully saturated rings. The summed E-state index contributed by atoms with van der Waals surface area (Å²) >= 11 is 1.72. The number of nitrogens with one attached hydrogen (secondary N) is 2. The topological polar surface area (TPSA) is 74.8 Å². The van der Waals surface area contributed by atoms with Gasteiger partial charge in [0.2, 0.25) is 0 Å². The largest absolute Gasteiger partial charge is 0.386 e. The third kappa shape index (κ3) is 14.4. The van der Waals surface area contributed by atoms with Gasteiger partial charge in [-0.15, -0.1) is 0 Å². The Kier molecular flexibility index (Phi) is 14.2. The molecule has 0 radical (unpaired) electrons. The van der Waals surface area contributed by atoms with Crippen LogP contribution in [0.2, 0.25) is 0 Å². The van der Waals surface area contributed by atoms with Gasteiger partial charge in [-0.2, -0.15) is 11.8 Å². The fraction of sp³-hybridized carbons (Fsp3) is 0.481. The fourth-order valence-corrected chi connectivity index (χ4v) is 4.02. The van der Waals surface area contributed by atoms with Crippen LogP contribution in [0.1, 0.15) is 66.7 Å². The van der Waals surface area contributed by atoms with Crippen LogP contribution in [0.3, 0.4) is 0 Å². The maximum absolute atomic E-state index is 13.1. The SMILES string of the molecule is CC(C)=CCC/C(C)=C/CC/C(=C/CSCC(Nc1ccc(F)cn1)C(=N)N)CC=C(C)C. The highest BCUT2D eigenvalue weighted by Gasteiger charge is 2.12. The predicted octanol–water partition coefficient (Wildman–Crippen LogP) is 7.43. The van der Waals surface area contributed by atoms with Gasteiger partial charge in [0.05, 0.1) is 12.2 Å². The molecule has 1 atom stereocenters. The van der Waals surface area contributed by atoms with E-state index in [1.165, 1.54) is 28.4 Å². The molecule has 0 bridgehead atoms. The number of anilines is 1. The summed E-state index contributed by atoms with van der Waals surface area (Å²) in [5.41, 5.74) is 11.3. The Bertz CT molecular complexity index is 845. The van der Waals surface area contributed by atoms with Crippen molar-refractivity contribution in [3.05, 3.63) is 70.7 Å². The number of pyridine rings is 1. The number of nitrogens with two attached hydrogens (primary N) is 1. The van der Waals surface area contributed by atoms with E-state index in [9.17, 15) is 4.39 Å². The highest BCUT2D eigenvalue weighted by atomic mass is 32.2. The number of hydrogen-bond donors (Lipinski definition) is 3. The zero-order valence-electron chi connectivity index (χ0n) is 20.9. The van der Waals surface area contributed by atoms with Crippen LogP contribution in [-0.2, 0) is 0 Å². The molecule has 0 aliphatic rings. The molecule has 4 N–H and O–H groups in total. The number of hydrogen-bond acceptors (Lipinski definition) is 4. The van der Waals surface area contributed by atoms with E-state index in [0.717, 1.165) is 44.1 Å². The second-order valence-corrected chi connectivity index (χ2v) is 9.88. The molecule has 0 aliphatic heterocycles. The van der Waals surface area contributed by atoms with Crippen molar-refractivity contribution in [2.24, 2.45) is 5.73 Å². The lowest BCUT2D eigenvalue weighted by Crippen LogP contribution is -2.37. The number of allylic oxidation sites excluding steroid dienone is 7. The second kappa shape index (κ2) is 16.3. The standard InChI is InChI=1S/C27H41FN4S/c1-20(2)8-6-9-22(5)10-7-11-23(13-12-21(3)4)16-17-33-19-25(27(29)30)32-26-15-14-24(28)18-31-26/h8,10,12,14-16,18,25H,6-7,9,11,13,17,19H2,1-5H3,(H3,29,30)(H,31,32)/b22-10+,23-16-. The summed E-state index contributed by atoms with van der Waals surface area (Å²) in [7, 11) is 0. The van der Waals surface area contributed by atoms with Crippen LogP contribution in [0.15, 0.2) is 64.9 Å². The monoisotopic (exact) mass is 472 g/mol. The Morgan fingerprint density at radius 1 is 1.06 bits per heavy atom. The quantitative estimate of drug-likeness (QED) is 0.107. The Morgan fingerprint density at radius 3 is 2.36 bits per heavy atom. The average molecular weight is 473 g/mol. The van der Waals surface area contributed by atoms with Crippen molar-refractivity contribution < 1.29 is 4.39 Å². The van der Waals surface area contributed by atoms with Gasteiger partial charge < -0.3 is 11.1 Å². The molecule has 1 aromatic rings. The van der Waals surface area contributed by atoms with E-state index < -0.39 is 0 Å². The number of thioether (sulfide) groups is 1. The van der Waals surface area contributed by atoms with Crippen molar-refractivity contribution in [2.45, 2.75) is 72.8 Å². The van der Waals surface area contributed by atoms with Gasteiger partial charge >= 0.3 is 0 Å². The third-order valence-corrected chi connectivity index (χ3v) is 5.99. The smallest absolute Gasteiger partial charge is 0.141 e. The molecule has 0 saturated heterocycles. The molecule has 1 rings (SSSR count). The molecule has 1 aromatic heterocycles. The molecule has 0 amide bonds. The van der Waals surface area contributed by atoms with Crippen molar-refractivity contribution in [1.29, 1.82) is 5.41 Å². The lowest BCUT2D eigenvalue weighted by Gasteiger charge is -2.17. The summed E-state index contributed by atoms with van der Waals surface area (Å²) in [6.45, 7) is 10.8. The first-order chi connectivity index (χ1) is 15.7. The Balaban J connectivity index is 2.60. The molecule has 182 valence electrons. The van der Waals surface area contributed by atoms with Gasteiger partial charge in [-0.05, 0) is 78.9 Å². The summed E-state index contributed by atoms with van der Waals surface area (Å²) < 4.78 is 13.1. The Labute approximate surface area is 204 Å². The van der Waals surface area contributed by atoms with E-state index >= 15 is 0 Å². The fourth-order valence-electron chi connectivity index (χ4n) is 3.03. The van der Waals surface area contributed by atoms with Gasteiger partial charge in [0.15, 0.2) is 0 Å². The van der Waals surface area contributed by atoms with Crippen LogP contribution in [0.4, 0.5) is 10.2 Å². The van der Waals surface area contributed by atoms with E-state index in [4.69, 9.17) is 11.1 Å². The summed E-state index contributed by atoms with van der Waals surface area (Å²) in [6.07, 6.45) is 15.7. The van der Waals surface area contributed by atoms with E-state index in [0.29, 0.717) is 11.6 Å². The minimum absolute atomic E-state index is 0.0519. The molecular formula is C27H41FN4S. The number of halogens is 1. The number of nitrogens with zero attached hydrogens (tertiary/aromatic N) is 1. The minimum atomic E-state index is -0.388. The number of aromatic nitrogens is 1. The van der Waals surface area contributed by atoms with E-state index in [1.807, 2.05) is 0 Å². The van der Waals surface area contributed by atoms with Crippen LogP contribution >= 0.6 is 11.8 Å². The number of amidine groups is 1. The molecular weight excluding hydrogens is 431 g/mol. The zero-order chi connectivity index (χ0) is 24.6. The summed E-state index contributed by atoms with van der Waals surface area (Å²) in [6, 6.07) is 2.56. The number of rotatable bonds is 15. The molecule has 4 nitrogen and oxygen atoms in total. The van der Waals surface area contributed by atoms with Crippen molar-refractivity contribution in [3.63, 3.8) is 0 Å². The van der Waals surface area contributed by atoms with Crippen LogP contribution in [0.25, 0.3) is 0 Å². The van der Waals surface area contributed by atoms with E-state index in [1.54, 1.807) is 17.8 Å². The van der Waals surface area contributed by atoms with Gasteiger partial charge in [-0.3, -0.25) is 5.41 Å². The van der Waals surface area contributed by atoms with Crippen LogP contribution in [0.5, 0.6) is 0 Å². The molecule has 6 heteroatoms. The van der Waals surface area contributed by atoms with Crippen molar-refractivity contribution >= 4 is 23.4 Å². The van der Waals surface area contributed by atoms with Crippen LogP contribution in [-0.4, -0.2) is 28.4 Å². The van der Waals surface area contributed by atoms with Crippen molar-refractivity contribution in [1.82, 2.24) is 4.98 Å². The van der Waals surface area contributed by atoms with Gasteiger partial charge in [-0.25, -0.2) is 9.37 Å².